The molecule has 8 nitrogen and oxygen atoms in total. The SMILES string of the molecule is O=C(O)c1ccc(-c2ccc3c(c2)c2cc(-c4ccc(C(=O)O)cc4)ccc2n3-c2cnn(C3CCCCO3)c2)cc1. The largest absolute Gasteiger partial charge is 0.478 e. The van der Waals surface area contributed by atoms with Gasteiger partial charge in [0.05, 0.1) is 40.2 Å². The quantitative estimate of drug-likeness (QED) is 0.221. The van der Waals surface area contributed by atoms with Gasteiger partial charge in [-0.15, -0.1) is 0 Å². The molecule has 2 aromatic heterocycles. The fourth-order valence-electron chi connectivity index (χ4n) is 5.80. The van der Waals surface area contributed by atoms with Gasteiger partial charge in [0, 0.05) is 17.4 Å². The Morgan fingerprint density at radius 3 is 1.71 bits per heavy atom. The summed E-state index contributed by atoms with van der Waals surface area (Å²) in [5.74, 6) is -1.91. The molecule has 1 aliphatic rings. The van der Waals surface area contributed by atoms with Crippen LogP contribution in [0.5, 0.6) is 0 Å². The summed E-state index contributed by atoms with van der Waals surface area (Å²) in [5.41, 5.74) is 7.24. The molecule has 0 spiro atoms. The number of benzene rings is 4. The third kappa shape index (κ3) is 4.52. The maximum Gasteiger partial charge on any atom is 0.335 e. The minimum atomic E-state index is -0.955. The van der Waals surface area contributed by atoms with Crippen LogP contribution in [0.3, 0.4) is 0 Å². The molecule has 1 atom stereocenters. The molecule has 0 saturated carbocycles. The summed E-state index contributed by atoms with van der Waals surface area (Å²) in [4.78, 5) is 22.7. The standard InChI is InChI=1S/C34H27N3O5/c38-33(39)23-8-4-21(5-9-23)25-12-14-30-28(17-25)29-18-26(22-6-10-24(11-7-22)34(40)41)13-15-31(29)37(30)27-19-35-36(20-27)32-3-1-2-16-42-32/h4-15,17-20,32H,1-3,16H2,(H,38,39)(H,40,41). The summed E-state index contributed by atoms with van der Waals surface area (Å²) in [7, 11) is 0. The van der Waals surface area contributed by atoms with E-state index in [1.807, 2.05) is 53.5 Å². The Labute approximate surface area is 241 Å². The summed E-state index contributed by atoms with van der Waals surface area (Å²) in [6.07, 6.45) is 6.95. The van der Waals surface area contributed by atoms with Crippen LogP contribution in [0.15, 0.2) is 97.3 Å². The molecule has 0 aliphatic carbocycles. The molecule has 1 aliphatic heterocycles. The van der Waals surface area contributed by atoms with Gasteiger partial charge in [0.25, 0.3) is 0 Å². The van der Waals surface area contributed by atoms with E-state index in [0.717, 1.165) is 75.6 Å². The summed E-state index contributed by atoms with van der Waals surface area (Å²) >= 11 is 0. The second-order valence-corrected chi connectivity index (χ2v) is 10.6. The molecule has 7 rings (SSSR count). The van der Waals surface area contributed by atoms with E-state index in [9.17, 15) is 19.8 Å². The molecule has 6 aromatic rings. The van der Waals surface area contributed by atoms with Gasteiger partial charge in [-0.05, 0) is 90.0 Å². The van der Waals surface area contributed by atoms with Crippen LogP contribution in [0.2, 0.25) is 0 Å². The smallest absolute Gasteiger partial charge is 0.335 e. The fraction of sp³-hybridized carbons (Fsp3) is 0.147. The van der Waals surface area contributed by atoms with Crippen LogP contribution in [-0.4, -0.2) is 43.1 Å². The van der Waals surface area contributed by atoms with Gasteiger partial charge >= 0.3 is 11.9 Å². The molecule has 0 amide bonds. The number of ether oxygens (including phenoxy) is 1. The number of rotatable bonds is 6. The lowest BCUT2D eigenvalue weighted by Crippen LogP contribution is -2.18. The van der Waals surface area contributed by atoms with E-state index in [-0.39, 0.29) is 17.4 Å². The molecule has 3 heterocycles. The lowest BCUT2D eigenvalue weighted by Gasteiger charge is -2.22. The lowest BCUT2D eigenvalue weighted by molar-refractivity contribution is -0.0394. The van der Waals surface area contributed by atoms with Crippen LogP contribution in [0.1, 0.15) is 46.2 Å². The van der Waals surface area contributed by atoms with Crippen LogP contribution in [0.25, 0.3) is 49.7 Å². The van der Waals surface area contributed by atoms with Crippen LogP contribution in [0.4, 0.5) is 0 Å². The van der Waals surface area contributed by atoms with Gasteiger partial charge in [0.15, 0.2) is 0 Å². The molecule has 208 valence electrons. The fourth-order valence-corrected chi connectivity index (χ4v) is 5.80. The van der Waals surface area contributed by atoms with Gasteiger partial charge in [-0.2, -0.15) is 5.10 Å². The third-order valence-electron chi connectivity index (χ3n) is 7.99. The van der Waals surface area contributed by atoms with Crippen molar-refractivity contribution in [3.63, 3.8) is 0 Å². The average molecular weight is 558 g/mol. The Morgan fingerprint density at radius 2 is 1.24 bits per heavy atom. The van der Waals surface area contributed by atoms with Crippen molar-refractivity contribution >= 4 is 33.7 Å². The summed E-state index contributed by atoms with van der Waals surface area (Å²) in [5, 5.41) is 25.4. The first-order chi connectivity index (χ1) is 20.5. The molecular formula is C34H27N3O5. The number of aromatic carboxylic acids is 2. The number of carboxylic acids is 2. The normalized spacial score (nSPS) is 15.3. The van der Waals surface area contributed by atoms with Crippen molar-refractivity contribution in [2.24, 2.45) is 0 Å². The van der Waals surface area contributed by atoms with Gasteiger partial charge in [-0.1, -0.05) is 36.4 Å². The van der Waals surface area contributed by atoms with Crippen molar-refractivity contribution in [1.82, 2.24) is 14.3 Å². The summed E-state index contributed by atoms with van der Waals surface area (Å²) in [6.45, 7) is 0.738. The van der Waals surface area contributed by atoms with Crippen LogP contribution in [-0.2, 0) is 4.74 Å². The van der Waals surface area contributed by atoms with E-state index < -0.39 is 11.9 Å². The van der Waals surface area contributed by atoms with Gasteiger partial charge < -0.3 is 19.5 Å². The zero-order valence-electron chi connectivity index (χ0n) is 22.6. The lowest BCUT2D eigenvalue weighted by atomic mass is 9.99. The predicted molar refractivity (Wildman–Crippen MR) is 160 cm³/mol. The first-order valence-corrected chi connectivity index (χ1v) is 13.9. The Kier molecular flexibility index (Phi) is 6.32. The first-order valence-electron chi connectivity index (χ1n) is 13.9. The zero-order valence-corrected chi connectivity index (χ0v) is 22.6. The van der Waals surface area contributed by atoms with E-state index in [0.29, 0.717) is 0 Å². The highest BCUT2D eigenvalue weighted by Crippen LogP contribution is 2.37. The minimum Gasteiger partial charge on any atom is -0.478 e. The van der Waals surface area contributed by atoms with Crippen molar-refractivity contribution in [1.29, 1.82) is 0 Å². The van der Waals surface area contributed by atoms with E-state index in [1.165, 1.54) is 0 Å². The molecule has 1 unspecified atom stereocenters. The number of hydrogen-bond donors (Lipinski definition) is 2. The van der Waals surface area contributed by atoms with E-state index in [4.69, 9.17) is 4.74 Å². The minimum absolute atomic E-state index is 0.0682. The Bertz CT molecular complexity index is 1850. The number of nitrogens with zero attached hydrogens (tertiary/aromatic N) is 3. The van der Waals surface area contributed by atoms with Crippen molar-refractivity contribution in [2.75, 3.05) is 6.61 Å². The molecule has 8 heteroatoms. The Hall–Kier alpha value is -5.21. The third-order valence-corrected chi connectivity index (χ3v) is 7.99. The van der Waals surface area contributed by atoms with E-state index >= 15 is 0 Å². The number of carboxylic acid groups (broad SMARTS) is 2. The van der Waals surface area contributed by atoms with Crippen molar-refractivity contribution in [2.45, 2.75) is 25.5 Å². The van der Waals surface area contributed by atoms with Crippen molar-refractivity contribution in [3.05, 3.63) is 108 Å². The Balaban J connectivity index is 1.39. The van der Waals surface area contributed by atoms with Crippen molar-refractivity contribution in [3.8, 4) is 27.9 Å². The Morgan fingerprint density at radius 1 is 0.714 bits per heavy atom. The average Bonchev–Trinajstić information content (AvgIpc) is 3.64. The highest BCUT2D eigenvalue weighted by atomic mass is 16.5. The van der Waals surface area contributed by atoms with Crippen molar-refractivity contribution < 1.29 is 24.5 Å². The topological polar surface area (TPSA) is 107 Å². The molecule has 1 fully saturated rings. The molecule has 1 saturated heterocycles. The second kappa shape index (κ2) is 10.3. The predicted octanol–water partition coefficient (Wildman–Crippen LogP) is 7.41. The number of carbonyl (C=O) groups is 2. The molecule has 4 aromatic carbocycles. The number of aromatic nitrogens is 3. The summed E-state index contributed by atoms with van der Waals surface area (Å²) in [6, 6.07) is 26.3. The maximum atomic E-state index is 11.4. The molecule has 0 bridgehead atoms. The highest BCUT2D eigenvalue weighted by molar-refractivity contribution is 6.11. The van der Waals surface area contributed by atoms with E-state index in [2.05, 4.69) is 33.9 Å². The van der Waals surface area contributed by atoms with Gasteiger partial charge in [0.1, 0.15) is 6.23 Å². The first kappa shape index (κ1) is 25.7. The summed E-state index contributed by atoms with van der Waals surface area (Å²) < 4.78 is 10.1. The highest BCUT2D eigenvalue weighted by Gasteiger charge is 2.20. The number of fused-ring (bicyclic) bond motifs is 3. The van der Waals surface area contributed by atoms with Gasteiger partial charge in [-0.25, -0.2) is 14.3 Å². The van der Waals surface area contributed by atoms with Crippen LogP contribution >= 0.6 is 0 Å². The molecule has 0 radical (unpaired) electrons. The maximum absolute atomic E-state index is 11.4. The van der Waals surface area contributed by atoms with Crippen LogP contribution in [0, 0.1) is 0 Å². The molecule has 2 N–H and O–H groups in total. The molecular weight excluding hydrogens is 530 g/mol. The molecule has 42 heavy (non-hydrogen) atoms. The van der Waals surface area contributed by atoms with Crippen LogP contribution < -0.4 is 0 Å². The zero-order chi connectivity index (χ0) is 28.8. The van der Waals surface area contributed by atoms with E-state index in [1.54, 1.807) is 24.3 Å². The monoisotopic (exact) mass is 557 g/mol. The second-order valence-electron chi connectivity index (χ2n) is 10.6. The van der Waals surface area contributed by atoms with Gasteiger partial charge in [0.2, 0.25) is 0 Å². The van der Waals surface area contributed by atoms with Gasteiger partial charge in [-0.3, -0.25) is 0 Å². The number of hydrogen-bond acceptors (Lipinski definition) is 4.